The minimum atomic E-state index is -0.756. The van der Waals surface area contributed by atoms with Gasteiger partial charge in [0.2, 0.25) is 5.91 Å². The Kier molecular flexibility index (Phi) is 7.85. The van der Waals surface area contributed by atoms with Crippen LogP contribution >= 0.6 is 0 Å². The summed E-state index contributed by atoms with van der Waals surface area (Å²) in [7, 11) is 0. The summed E-state index contributed by atoms with van der Waals surface area (Å²) in [5.74, 6) is -0.265. The van der Waals surface area contributed by atoms with Crippen molar-refractivity contribution in [2.45, 2.75) is 31.7 Å². The zero-order valence-electron chi connectivity index (χ0n) is 16.8. The van der Waals surface area contributed by atoms with Gasteiger partial charge < -0.3 is 31.1 Å². The van der Waals surface area contributed by atoms with E-state index in [0.29, 0.717) is 32.4 Å². The smallest absolute Gasteiger partial charge is 0.407 e. The number of nitrogens with two attached hydrogens (primary N) is 1. The minimum absolute atomic E-state index is 0.265. The number of ether oxygens (including phenoxy) is 1. The predicted molar refractivity (Wildman–Crippen MR) is 114 cm³/mol. The molecule has 30 heavy (non-hydrogen) atoms. The summed E-state index contributed by atoms with van der Waals surface area (Å²) in [5.41, 5.74) is 8.31. The van der Waals surface area contributed by atoms with Gasteiger partial charge in [-0.15, -0.1) is 0 Å². The summed E-state index contributed by atoms with van der Waals surface area (Å²) in [6.45, 7) is 1.25. The first-order valence-corrected chi connectivity index (χ1v) is 10.1. The predicted octanol–water partition coefficient (Wildman–Crippen LogP) is 1.63. The van der Waals surface area contributed by atoms with Crippen molar-refractivity contribution in [3.8, 4) is 0 Å². The Labute approximate surface area is 174 Å². The van der Waals surface area contributed by atoms with E-state index in [2.05, 4.69) is 25.6 Å². The van der Waals surface area contributed by atoms with Gasteiger partial charge in [0.25, 0.3) is 0 Å². The van der Waals surface area contributed by atoms with E-state index in [9.17, 15) is 9.59 Å². The Morgan fingerprint density at radius 3 is 2.87 bits per heavy atom. The summed E-state index contributed by atoms with van der Waals surface area (Å²) in [5, 5.41) is 6.60. The van der Waals surface area contributed by atoms with Crippen LogP contribution in [-0.2, 0) is 22.4 Å². The number of H-pyrrole nitrogens is 2. The number of carbonyl (C=O) groups excluding carboxylic acids is 2. The van der Waals surface area contributed by atoms with Crippen molar-refractivity contribution in [3.05, 3.63) is 54.2 Å². The highest BCUT2D eigenvalue weighted by Gasteiger charge is 2.23. The molecule has 0 saturated heterocycles. The minimum Gasteiger partial charge on any atom is -0.450 e. The molecule has 2 heterocycles. The lowest BCUT2D eigenvalue weighted by Crippen LogP contribution is -2.48. The van der Waals surface area contributed by atoms with Crippen molar-refractivity contribution in [2.24, 2.45) is 5.73 Å². The van der Waals surface area contributed by atoms with Gasteiger partial charge in [0, 0.05) is 48.4 Å². The monoisotopic (exact) mass is 412 g/mol. The second-order valence-electron chi connectivity index (χ2n) is 7.01. The molecule has 6 N–H and O–H groups in total. The Morgan fingerprint density at radius 2 is 2.07 bits per heavy atom. The van der Waals surface area contributed by atoms with E-state index in [1.54, 1.807) is 12.5 Å². The standard InChI is InChI=1S/C21H28N6O3/c22-8-3-4-10-30-21(29)27-19(20(28)24-9-7-16-13-23-14-26-16)11-15-12-25-18-6-2-1-5-17(15)18/h1-2,5-6,12-14,19,25H,3-4,7-11,22H2,(H,23,26)(H,24,28)(H,27,29)/t19-/m0/s1. The molecular formula is C21H28N6O3. The average molecular weight is 412 g/mol. The summed E-state index contributed by atoms with van der Waals surface area (Å²) < 4.78 is 5.19. The van der Waals surface area contributed by atoms with Crippen LogP contribution in [0.1, 0.15) is 24.1 Å². The van der Waals surface area contributed by atoms with Crippen LogP contribution < -0.4 is 16.4 Å². The van der Waals surface area contributed by atoms with Crippen LogP contribution in [0.4, 0.5) is 4.79 Å². The lowest BCUT2D eigenvalue weighted by molar-refractivity contribution is -0.123. The highest BCUT2D eigenvalue weighted by atomic mass is 16.5. The number of rotatable bonds is 11. The zero-order valence-corrected chi connectivity index (χ0v) is 16.8. The first-order chi connectivity index (χ1) is 14.7. The lowest BCUT2D eigenvalue weighted by Gasteiger charge is -2.18. The molecule has 1 atom stereocenters. The number of hydrogen-bond donors (Lipinski definition) is 5. The molecule has 9 nitrogen and oxygen atoms in total. The van der Waals surface area contributed by atoms with E-state index in [1.165, 1.54) is 0 Å². The van der Waals surface area contributed by atoms with E-state index in [-0.39, 0.29) is 12.5 Å². The van der Waals surface area contributed by atoms with E-state index in [0.717, 1.165) is 28.6 Å². The fourth-order valence-corrected chi connectivity index (χ4v) is 3.19. The molecule has 0 radical (unpaired) electrons. The Hall–Kier alpha value is -3.33. The number of fused-ring (bicyclic) bond motifs is 1. The van der Waals surface area contributed by atoms with Crippen molar-refractivity contribution >= 4 is 22.9 Å². The van der Waals surface area contributed by atoms with E-state index in [4.69, 9.17) is 10.5 Å². The number of aromatic nitrogens is 3. The molecule has 0 saturated carbocycles. The summed E-state index contributed by atoms with van der Waals surface area (Å²) >= 11 is 0. The SMILES string of the molecule is NCCCCOC(=O)N[C@@H](Cc1c[nH]c2ccccc12)C(=O)NCCc1cnc[nH]1. The molecule has 3 rings (SSSR count). The van der Waals surface area contributed by atoms with Gasteiger partial charge in [0.15, 0.2) is 0 Å². The van der Waals surface area contributed by atoms with Crippen molar-refractivity contribution in [3.63, 3.8) is 0 Å². The number of imidazole rings is 1. The molecule has 0 aliphatic heterocycles. The molecule has 3 aromatic rings. The fraction of sp³-hybridized carbons (Fsp3) is 0.381. The van der Waals surface area contributed by atoms with E-state index in [1.807, 2.05) is 30.5 Å². The Bertz CT molecular complexity index is 937. The van der Waals surface area contributed by atoms with Gasteiger partial charge in [-0.2, -0.15) is 0 Å². The van der Waals surface area contributed by atoms with E-state index >= 15 is 0 Å². The molecule has 0 unspecified atom stereocenters. The van der Waals surface area contributed by atoms with Crippen LogP contribution in [0, 0.1) is 0 Å². The third kappa shape index (κ3) is 6.08. The van der Waals surface area contributed by atoms with Crippen molar-refractivity contribution in [1.82, 2.24) is 25.6 Å². The van der Waals surface area contributed by atoms with Gasteiger partial charge >= 0.3 is 6.09 Å². The van der Waals surface area contributed by atoms with Crippen LogP contribution in [0.15, 0.2) is 43.0 Å². The van der Waals surface area contributed by atoms with Crippen LogP contribution in [0.3, 0.4) is 0 Å². The van der Waals surface area contributed by atoms with Gasteiger partial charge in [0.05, 0.1) is 12.9 Å². The molecule has 1 aromatic carbocycles. The number of aromatic amines is 2. The number of alkyl carbamates (subject to hydrolysis) is 1. The van der Waals surface area contributed by atoms with Crippen molar-refractivity contribution in [2.75, 3.05) is 19.7 Å². The number of carbonyl (C=O) groups is 2. The molecule has 0 spiro atoms. The third-order valence-electron chi connectivity index (χ3n) is 4.79. The average Bonchev–Trinajstić information content (AvgIpc) is 3.41. The van der Waals surface area contributed by atoms with Crippen LogP contribution in [0.25, 0.3) is 10.9 Å². The molecular weight excluding hydrogens is 384 g/mol. The van der Waals surface area contributed by atoms with Gasteiger partial charge in [-0.1, -0.05) is 18.2 Å². The highest BCUT2D eigenvalue weighted by molar-refractivity contribution is 5.88. The topological polar surface area (TPSA) is 138 Å². The maximum absolute atomic E-state index is 12.8. The second kappa shape index (κ2) is 11.0. The number of benzene rings is 1. The number of para-hydroxylation sites is 1. The van der Waals surface area contributed by atoms with Crippen molar-refractivity contribution < 1.29 is 14.3 Å². The lowest BCUT2D eigenvalue weighted by atomic mass is 10.0. The van der Waals surface area contributed by atoms with Gasteiger partial charge in [-0.3, -0.25) is 4.79 Å². The third-order valence-corrected chi connectivity index (χ3v) is 4.79. The molecule has 2 amide bonds. The molecule has 0 aliphatic rings. The highest BCUT2D eigenvalue weighted by Crippen LogP contribution is 2.19. The van der Waals surface area contributed by atoms with Gasteiger partial charge in [-0.05, 0) is 31.0 Å². The molecule has 9 heteroatoms. The quantitative estimate of drug-likeness (QED) is 0.305. The molecule has 0 fully saturated rings. The summed E-state index contributed by atoms with van der Waals surface area (Å²) in [6, 6.07) is 7.09. The van der Waals surface area contributed by atoms with E-state index < -0.39 is 12.1 Å². The van der Waals surface area contributed by atoms with Crippen LogP contribution in [0.2, 0.25) is 0 Å². The summed E-state index contributed by atoms with van der Waals surface area (Å²) in [4.78, 5) is 35.2. The number of amides is 2. The maximum Gasteiger partial charge on any atom is 0.407 e. The fourth-order valence-electron chi connectivity index (χ4n) is 3.19. The second-order valence-corrected chi connectivity index (χ2v) is 7.01. The summed E-state index contributed by atoms with van der Waals surface area (Å²) in [6.07, 6.45) is 7.00. The largest absolute Gasteiger partial charge is 0.450 e. The first kappa shape index (κ1) is 21.4. The van der Waals surface area contributed by atoms with Crippen LogP contribution in [-0.4, -0.2) is 52.7 Å². The molecule has 0 aliphatic carbocycles. The number of hydrogen-bond acceptors (Lipinski definition) is 5. The molecule has 2 aromatic heterocycles. The van der Waals surface area contributed by atoms with Crippen LogP contribution in [0.5, 0.6) is 0 Å². The van der Waals surface area contributed by atoms with Gasteiger partial charge in [-0.25, -0.2) is 9.78 Å². The van der Waals surface area contributed by atoms with Crippen molar-refractivity contribution in [1.29, 1.82) is 0 Å². The molecule has 0 bridgehead atoms. The first-order valence-electron chi connectivity index (χ1n) is 10.1. The molecule has 160 valence electrons. The number of unbranched alkanes of at least 4 members (excludes halogenated alkanes) is 1. The Morgan fingerprint density at radius 1 is 1.20 bits per heavy atom. The Balaban J connectivity index is 1.62. The number of nitrogens with zero attached hydrogens (tertiary/aromatic N) is 1. The normalized spacial score (nSPS) is 11.9. The number of nitrogens with one attached hydrogen (secondary N) is 4. The maximum atomic E-state index is 12.8. The zero-order chi connectivity index (χ0) is 21.2. The van der Waals surface area contributed by atoms with Gasteiger partial charge in [0.1, 0.15) is 6.04 Å².